The molecule has 54 heavy (non-hydrogen) atoms. The number of unbranched alkanes of at least 4 members (excludes halogenated alkanes) is 17. The van der Waals surface area contributed by atoms with Crippen LogP contribution in [0.25, 0.3) is 0 Å². The lowest BCUT2D eigenvalue weighted by atomic mass is 10.0. The van der Waals surface area contributed by atoms with E-state index in [1.165, 1.54) is 77.0 Å². The first-order chi connectivity index (χ1) is 26.0. The van der Waals surface area contributed by atoms with E-state index in [1.54, 1.807) is 12.2 Å². The third-order valence-corrected chi connectivity index (χ3v) is 9.49. The van der Waals surface area contributed by atoms with Crippen molar-refractivity contribution in [1.82, 2.24) is 0 Å². The van der Waals surface area contributed by atoms with E-state index in [9.17, 15) is 18.9 Å². The van der Waals surface area contributed by atoms with Crippen LogP contribution in [0.15, 0.2) is 48.6 Å². The van der Waals surface area contributed by atoms with E-state index in [0.29, 0.717) is 25.7 Å². The first-order valence-electron chi connectivity index (χ1n) is 21.2. The second kappa shape index (κ2) is 37.6. The Hall–Kier alpha value is -2.32. The molecule has 0 fully saturated rings. The molecule has 0 unspecified atom stereocenters. The van der Waals surface area contributed by atoms with Crippen molar-refractivity contribution >= 4 is 25.5 Å². The van der Waals surface area contributed by atoms with Gasteiger partial charge >= 0.3 is 19.8 Å². The minimum absolute atomic E-state index is 0.165. The van der Waals surface area contributed by atoms with Crippen molar-refractivity contribution in [3.8, 4) is 0 Å². The lowest BCUT2D eigenvalue weighted by Crippen LogP contribution is -2.29. The molecule has 1 atom stereocenters. The molecule has 0 saturated heterocycles. The van der Waals surface area contributed by atoms with Gasteiger partial charge in [-0.1, -0.05) is 172 Å². The second-order valence-corrected chi connectivity index (χ2v) is 16.1. The number of phosphoric ester groups is 1. The number of ketones is 1. The molecule has 10 heteroatoms. The van der Waals surface area contributed by atoms with E-state index >= 15 is 0 Å². The third-order valence-electron chi connectivity index (χ3n) is 9.00. The molecular weight excluding hydrogens is 703 g/mol. The number of allylic oxidation sites excluding steroid dienone is 8. The molecular formula is C44H77O9P. The molecule has 0 amide bonds. The summed E-state index contributed by atoms with van der Waals surface area (Å²) in [6.07, 6.45) is 41.1. The summed E-state index contributed by atoms with van der Waals surface area (Å²) in [5, 5.41) is 0. The molecule has 0 aromatic rings. The number of esters is 2. The van der Waals surface area contributed by atoms with Crippen LogP contribution >= 0.6 is 7.82 Å². The average Bonchev–Trinajstić information content (AvgIpc) is 3.12. The molecule has 0 aliphatic carbocycles. The molecule has 312 valence electrons. The lowest BCUT2D eigenvalue weighted by molar-refractivity contribution is -0.161. The highest BCUT2D eigenvalue weighted by Crippen LogP contribution is 2.36. The van der Waals surface area contributed by atoms with Crippen molar-refractivity contribution in [3.63, 3.8) is 0 Å². The molecule has 0 rings (SSSR count). The highest BCUT2D eigenvalue weighted by Gasteiger charge is 2.22. The highest BCUT2D eigenvalue weighted by atomic mass is 31.2. The number of carbonyl (C=O) groups excluding carboxylic acids is 3. The molecule has 9 nitrogen and oxygen atoms in total. The van der Waals surface area contributed by atoms with Crippen molar-refractivity contribution in [2.24, 2.45) is 5.92 Å². The molecule has 0 heterocycles. The third kappa shape index (κ3) is 40.9. The fraction of sp³-hybridized carbons (Fsp3) is 0.750. The van der Waals surface area contributed by atoms with Crippen LogP contribution in [0.4, 0.5) is 0 Å². The maximum absolute atomic E-state index is 12.4. The fourth-order valence-corrected chi connectivity index (χ4v) is 6.16. The van der Waals surface area contributed by atoms with Gasteiger partial charge in [0.25, 0.3) is 0 Å². The number of carbonyl (C=O) groups is 3. The van der Waals surface area contributed by atoms with Gasteiger partial charge in [0.05, 0.1) is 6.61 Å². The van der Waals surface area contributed by atoms with Gasteiger partial charge in [-0.05, 0) is 50.5 Å². The van der Waals surface area contributed by atoms with Crippen molar-refractivity contribution in [3.05, 3.63) is 48.6 Å². The molecule has 0 aliphatic rings. The smallest absolute Gasteiger partial charge is 0.462 e. The molecule has 0 aliphatic heterocycles. The average molecular weight is 781 g/mol. The Morgan fingerprint density at radius 2 is 1.11 bits per heavy atom. The molecule has 0 aromatic heterocycles. The molecule has 0 radical (unpaired) electrons. The van der Waals surface area contributed by atoms with Gasteiger partial charge in [-0.3, -0.25) is 18.9 Å². The Morgan fingerprint density at radius 3 is 1.69 bits per heavy atom. The number of rotatable bonds is 38. The standard InChI is InChI=1S/C44H77O9P/c1-4-5-28-34-41(45)35-30-25-21-17-13-11-15-18-22-26-31-36-43(46)51-38-42(39-52-54(48,49)50)53-44(47)37-32-27-23-19-14-10-8-6-7-9-12-16-20-24-29-33-40(2)3/h11,13,18,21-22,25,30,35,40,42H,4-10,12,14-17,19-20,23-24,26-29,31-34,36-39H2,1-3H3,(H2,48,49,50)/b13-11-,22-18-,25-21-,35-30+/t42-/m1/s1. The summed E-state index contributed by atoms with van der Waals surface area (Å²) >= 11 is 0. The van der Waals surface area contributed by atoms with Gasteiger partial charge in [0, 0.05) is 19.3 Å². The number of phosphoric acid groups is 1. The van der Waals surface area contributed by atoms with Crippen LogP contribution in [0, 0.1) is 5.92 Å². The van der Waals surface area contributed by atoms with Gasteiger partial charge < -0.3 is 19.3 Å². The van der Waals surface area contributed by atoms with Gasteiger partial charge in [0.2, 0.25) is 0 Å². The van der Waals surface area contributed by atoms with Gasteiger partial charge in [-0.15, -0.1) is 0 Å². The Kier molecular flexibility index (Phi) is 36.0. The minimum Gasteiger partial charge on any atom is -0.462 e. The first kappa shape index (κ1) is 51.7. The second-order valence-electron chi connectivity index (χ2n) is 14.8. The fourth-order valence-electron chi connectivity index (χ4n) is 5.80. The number of ether oxygens (including phenoxy) is 2. The summed E-state index contributed by atoms with van der Waals surface area (Å²) in [7, 11) is -4.78. The summed E-state index contributed by atoms with van der Waals surface area (Å²) in [4.78, 5) is 54.5. The number of hydrogen-bond acceptors (Lipinski definition) is 7. The summed E-state index contributed by atoms with van der Waals surface area (Å²) < 4.78 is 26.3. The largest absolute Gasteiger partial charge is 0.469 e. The van der Waals surface area contributed by atoms with E-state index in [2.05, 4.69) is 37.4 Å². The van der Waals surface area contributed by atoms with Crippen molar-refractivity contribution in [1.29, 1.82) is 0 Å². The van der Waals surface area contributed by atoms with Crippen molar-refractivity contribution in [2.45, 2.75) is 194 Å². The summed E-state index contributed by atoms with van der Waals surface area (Å²) in [6.45, 7) is 5.82. The van der Waals surface area contributed by atoms with Gasteiger partial charge in [0.15, 0.2) is 11.9 Å². The molecule has 0 bridgehead atoms. The predicted octanol–water partition coefficient (Wildman–Crippen LogP) is 12.2. The molecule has 2 N–H and O–H groups in total. The van der Waals surface area contributed by atoms with Crippen LogP contribution in [0.2, 0.25) is 0 Å². The van der Waals surface area contributed by atoms with Crippen molar-refractivity contribution in [2.75, 3.05) is 13.2 Å². The summed E-state index contributed by atoms with van der Waals surface area (Å²) in [5.74, 6) is 0.0138. The Bertz CT molecular complexity index is 1090. The molecule has 0 aromatic carbocycles. The first-order valence-corrected chi connectivity index (χ1v) is 22.8. The minimum atomic E-state index is -4.78. The van der Waals surface area contributed by atoms with Gasteiger partial charge in [-0.2, -0.15) is 0 Å². The summed E-state index contributed by atoms with van der Waals surface area (Å²) in [5.41, 5.74) is 0. The topological polar surface area (TPSA) is 136 Å². The quantitative estimate of drug-likeness (QED) is 0.0157. The van der Waals surface area contributed by atoms with E-state index in [-0.39, 0.29) is 25.2 Å². The van der Waals surface area contributed by atoms with E-state index in [4.69, 9.17) is 19.3 Å². The zero-order chi connectivity index (χ0) is 40.0. The van der Waals surface area contributed by atoms with Crippen molar-refractivity contribution < 1.29 is 42.7 Å². The normalized spacial score (nSPS) is 12.9. The van der Waals surface area contributed by atoms with Gasteiger partial charge in [0.1, 0.15) is 6.61 Å². The van der Waals surface area contributed by atoms with Crippen LogP contribution in [-0.2, 0) is 32.9 Å². The van der Waals surface area contributed by atoms with Crippen LogP contribution in [0.3, 0.4) is 0 Å². The van der Waals surface area contributed by atoms with E-state index < -0.39 is 32.5 Å². The van der Waals surface area contributed by atoms with Crippen LogP contribution < -0.4 is 0 Å². The highest BCUT2D eigenvalue weighted by molar-refractivity contribution is 7.46. The predicted molar refractivity (Wildman–Crippen MR) is 221 cm³/mol. The van der Waals surface area contributed by atoms with Crippen LogP contribution in [0.1, 0.15) is 188 Å². The monoisotopic (exact) mass is 781 g/mol. The van der Waals surface area contributed by atoms with Crippen LogP contribution in [-0.4, -0.2) is 46.8 Å². The Labute approximate surface area is 329 Å². The zero-order valence-electron chi connectivity index (χ0n) is 34.3. The van der Waals surface area contributed by atoms with Crippen LogP contribution in [0.5, 0.6) is 0 Å². The lowest BCUT2D eigenvalue weighted by Gasteiger charge is -2.18. The van der Waals surface area contributed by atoms with E-state index in [0.717, 1.165) is 57.3 Å². The SMILES string of the molecule is CCCCCC(=O)/C=C/C=C\C/C=C\C/C=C\CCCC(=O)OC[C@H](COP(=O)(O)O)OC(=O)CCCCCCCCCCCCCCCCCC(C)C. The Balaban J connectivity index is 4.03. The Morgan fingerprint density at radius 1 is 0.593 bits per heavy atom. The maximum Gasteiger partial charge on any atom is 0.469 e. The van der Waals surface area contributed by atoms with Gasteiger partial charge in [-0.25, -0.2) is 4.57 Å². The molecule has 0 spiro atoms. The maximum atomic E-state index is 12.4. The molecule has 0 saturated carbocycles. The zero-order valence-corrected chi connectivity index (χ0v) is 35.2. The van der Waals surface area contributed by atoms with E-state index in [1.807, 2.05) is 24.3 Å². The number of hydrogen-bond donors (Lipinski definition) is 2. The summed E-state index contributed by atoms with van der Waals surface area (Å²) in [6, 6.07) is 0.